The summed E-state index contributed by atoms with van der Waals surface area (Å²) in [6, 6.07) is 0. The van der Waals surface area contributed by atoms with Crippen molar-refractivity contribution in [2.45, 2.75) is 39.2 Å². The van der Waals surface area contributed by atoms with E-state index in [1.165, 1.54) is 25.7 Å². The summed E-state index contributed by atoms with van der Waals surface area (Å²) < 4.78 is 0. The van der Waals surface area contributed by atoms with E-state index in [0.717, 1.165) is 42.2 Å². The lowest BCUT2D eigenvalue weighted by molar-refractivity contribution is 0.318. The van der Waals surface area contributed by atoms with Gasteiger partial charge in [-0.1, -0.05) is 6.42 Å². The van der Waals surface area contributed by atoms with Crippen LogP contribution < -0.4 is 5.32 Å². The highest BCUT2D eigenvalue weighted by molar-refractivity contribution is 5.00. The number of aromatic nitrogens is 2. The number of hydrogen-bond donors (Lipinski definition) is 1. The normalized spacial score (nSPS) is 31.0. The molecule has 1 aromatic rings. The van der Waals surface area contributed by atoms with E-state index < -0.39 is 0 Å². The SMILES string of the molecule is Cc1cnc(CNCC2CC3CCC2C3)cn1. The third-order valence-corrected chi connectivity index (χ3v) is 4.43. The molecule has 1 aromatic heterocycles. The first-order chi connectivity index (χ1) is 8.31. The molecule has 3 unspecified atom stereocenters. The number of hydrogen-bond acceptors (Lipinski definition) is 3. The lowest BCUT2D eigenvalue weighted by atomic mass is 9.89. The van der Waals surface area contributed by atoms with Crippen LogP contribution in [0.4, 0.5) is 0 Å². The van der Waals surface area contributed by atoms with Gasteiger partial charge in [-0.2, -0.15) is 0 Å². The van der Waals surface area contributed by atoms with Crippen molar-refractivity contribution >= 4 is 0 Å². The van der Waals surface area contributed by atoms with Crippen LogP contribution in [0.2, 0.25) is 0 Å². The maximum atomic E-state index is 4.37. The van der Waals surface area contributed by atoms with Crippen molar-refractivity contribution in [3.63, 3.8) is 0 Å². The zero-order chi connectivity index (χ0) is 11.7. The van der Waals surface area contributed by atoms with E-state index in [1.807, 2.05) is 19.3 Å². The molecule has 2 aliphatic carbocycles. The first kappa shape index (κ1) is 11.1. The lowest BCUT2D eigenvalue weighted by Crippen LogP contribution is -2.26. The Morgan fingerprint density at radius 2 is 2.18 bits per heavy atom. The summed E-state index contributed by atoms with van der Waals surface area (Å²) in [5.41, 5.74) is 2.04. The third kappa shape index (κ3) is 2.49. The fourth-order valence-corrected chi connectivity index (χ4v) is 3.52. The highest BCUT2D eigenvalue weighted by Crippen LogP contribution is 2.47. The van der Waals surface area contributed by atoms with Crippen molar-refractivity contribution in [3.05, 3.63) is 23.8 Å². The molecule has 2 bridgehead atoms. The summed E-state index contributed by atoms with van der Waals surface area (Å²) in [6.07, 6.45) is 9.64. The van der Waals surface area contributed by atoms with Gasteiger partial charge in [-0.3, -0.25) is 9.97 Å². The predicted octanol–water partition coefficient (Wildman–Crippen LogP) is 2.31. The summed E-state index contributed by atoms with van der Waals surface area (Å²) in [7, 11) is 0. The maximum Gasteiger partial charge on any atom is 0.0724 e. The van der Waals surface area contributed by atoms with Crippen LogP contribution in [-0.4, -0.2) is 16.5 Å². The monoisotopic (exact) mass is 231 g/mol. The van der Waals surface area contributed by atoms with Crippen LogP contribution in [0.15, 0.2) is 12.4 Å². The van der Waals surface area contributed by atoms with Gasteiger partial charge in [-0.15, -0.1) is 0 Å². The molecule has 2 fully saturated rings. The van der Waals surface area contributed by atoms with E-state index in [0.29, 0.717) is 0 Å². The fourth-order valence-electron chi connectivity index (χ4n) is 3.52. The van der Waals surface area contributed by atoms with Gasteiger partial charge >= 0.3 is 0 Å². The molecule has 0 aromatic carbocycles. The van der Waals surface area contributed by atoms with E-state index in [-0.39, 0.29) is 0 Å². The molecule has 2 aliphatic rings. The van der Waals surface area contributed by atoms with E-state index >= 15 is 0 Å². The van der Waals surface area contributed by atoms with E-state index in [2.05, 4.69) is 15.3 Å². The standard InChI is InChI=1S/C14H21N3/c1-10-6-17-14(9-16-10)8-15-7-13-5-11-2-3-12(13)4-11/h6,9,11-13,15H,2-5,7-8H2,1H3. The molecule has 0 radical (unpaired) electrons. The lowest BCUT2D eigenvalue weighted by Gasteiger charge is -2.21. The zero-order valence-corrected chi connectivity index (χ0v) is 10.5. The molecule has 0 amide bonds. The number of nitrogens with zero attached hydrogens (tertiary/aromatic N) is 2. The topological polar surface area (TPSA) is 37.8 Å². The van der Waals surface area contributed by atoms with E-state index in [4.69, 9.17) is 0 Å². The van der Waals surface area contributed by atoms with Crippen molar-refractivity contribution in [2.75, 3.05) is 6.54 Å². The zero-order valence-electron chi connectivity index (χ0n) is 10.5. The largest absolute Gasteiger partial charge is 0.311 e. The van der Waals surface area contributed by atoms with Crippen LogP contribution in [0, 0.1) is 24.7 Å². The summed E-state index contributed by atoms with van der Waals surface area (Å²) in [5, 5.41) is 3.55. The second-order valence-corrected chi connectivity index (χ2v) is 5.71. The Kier molecular flexibility index (Phi) is 3.10. The molecule has 3 nitrogen and oxygen atoms in total. The van der Waals surface area contributed by atoms with Crippen LogP contribution in [0.5, 0.6) is 0 Å². The Hall–Kier alpha value is -0.960. The van der Waals surface area contributed by atoms with Crippen LogP contribution in [-0.2, 0) is 6.54 Å². The quantitative estimate of drug-likeness (QED) is 0.864. The number of nitrogens with one attached hydrogen (secondary N) is 1. The minimum Gasteiger partial charge on any atom is -0.311 e. The second kappa shape index (κ2) is 4.73. The predicted molar refractivity (Wildman–Crippen MR) is 67.4 cm³/mol. The van der Waals surface area contributed by atoms with Crippen molar-refractivity contribution in [3.8, 4) is 0 Å². The van der Waals surface area contributed by atoms with Crippen LogP contribution in [0.3, 0.4) is 0 Å². The van der Waals surface area contributed by atoms with Gasteiger partial charge in [-0.05, 0) is 50.5 Å². The average molecular weight is 231 g/mol. The molecule has 3 rings (SSSR count). The van der Waals surface area contributed by atoms with E-state index in [9.17, 15) is 0 Å². The molecule has 0 saturated heterocycles. The van der Waals surface area contributed by atoms with Gasteiger partial charge in [0.05, 0.1) is 11.4 Å². The molecule has 1 heterocycles. The number of fused-ring (bicyclic) bond motifs is 2. The Morgan fingerprint density at radius 1 is 1.24 bits per heavy atom. The molecule has 3 heteroatoms. The minimum atomic E-state index is 0.862. The maximum absolute atomic E-state index is 4.37. The molecule has 3 atom stereocenters. The summed E-state index contributed by atoms with van der Waals surface area (Å²) in [4.78, 5) is 8.63. The molecule has 0 aliphatic heterocycles. The molecule has 1 N–H and O–H groups in total. The summed E-state index contributed by atoms with van der Waals surface area (Å²) in [5.74, 6) is 2.98. The Bertz CT molecular complexity index is 374. The first-order valence-electron chi connectivity index (χ1n) is 6.79. The third-order valence-electron chi connectivity index (χ3n) is 4.43. The Labute approximate surface area is 103 Å². The van der Waals surface area contributed by atoms with Gasteiger partial charge in [-0.25, -0.2) is 0 Å². The summed E-state index contributed by atoms with van der Waals surface area (Å²) >= 11 is 0. The van der Waals surface area contributed by atoms with E-state index in [1.54, 1.807) is 0 Å². The van der Waals surface area contributed by atoms with Crippen LogP contribution in [0.25, 0.3) is 0 Å². The summed E-state index contributed by atoms with van der Waals surface area (Å²) in [6.45, 7) is 4.00. The van der Waals surface area contributed by atoms with Crippen molar-refractivity contribution in [1.29, 1.82) is 0 Å². The van der Waals surface area contributed by atoms with Gasteiger partial charge in [0.15, 0.2) is 0 Å². The van der Waals surface area contributed by atoms with Crippen LogP contribution in [0.1, 0.15) is 37.1 Å². The van der Waals surface area contributed by atoms with Crippen molar-refractivity contribution < 1.29 is 0 Å². The van der Waals surface area contributed by atoms with Crippen molar-refractivity contribution in [1.82, 2.24) is 15.3 Å². The Balaban J connectivity index is 1.45. The van der Waals surface area contributed by atoms with Crippen molar-refractivity contribution in [2.24, 2.45) is 17.8 Å². The fraction of sp³-hybridized carbons (Fsp3) is 0.714. The molecular formula is C14H21N3. The molecule has 2 saturated carbocycles. The smallest absolute Gasteiger partial charge is 0.0724 e. The Morgan fingerprint density at radius 3 is 2.82 bits per heavy atom. The number of rotatable bonds is 4. The first-order valence-corrected chi connectivity index (χ1v) is 6.79. The van der Waals surface area contributed by atoms with Gasteiger partial charge in [0.2, 0.25) is 0 Å². The molecule has 17 heavy (non-hydrogen) atoms. The molecular weight excluding hydrogens is 210 g/mol. The van der Waals surface area contributed by atoms with Crippen LogP contribution >= 0.6 is 0 Å². The molecule has 92 valence electrons. The number of aryl methyl sites for hydroxylation is 1. The highest BCUT2D eigenvalue weighted by atomic mass is 14.9. The second-order valence-electron chi connectivity index (χ2n) is 5.71. The average Bonchev–Trinajstić information content (AvgIpc) is 2.94. The molecule has 0 spiro atoms. The van der Waals surface area contributed by atoms with Gasteiger partial charge in [0.1, 0.15) is 0 Å². The van der Waals surface area contributed by atoms with Gasteiger partial charge in [0, 0.05) is 18.9 Å². The minimum absolute atomic E-state index is 0.862. The van der Waals surface area contributed by atoms with Gasteiger partial charge in [0.25, 0.3) is 0 Å². The van der Waals surface area contributed by atoms with Gasteiger partial charge < -0.3 is 5.32 Å². The highest BCUT2D eigenvalue weighted by Gasteiger charge is 2.38.